The van der Waals surface area contributed by atoms with Gasteiger partial charge >= 0.3 is 0 Å². The van der Waals surface area contributed by atoms with Gasteiger partial charge in [-0.25, -0.2) is 4.39 Å². The molecule has 2 fully saturated rings. The molecule has 2 aliphatic heterocycles. The fourth-order valence-electron chi connectivity index (χ4n) is 4.30. The smallest absolute Gasteiger partial charge is 0.146 e. The molecular weight excluding hydrogens is 357 g/mol. The quantitative estimate of drug-likeness (QED) is 0.789. The first-order valence-corrected chi connectivity index (χ1v) is 10.3. The van der Waals surface area contributed by atoms with Crippen LogP contribution in [-0.2, 0) is 24.9 Å². The molecular formula is C21H30FN5O. The number of piperidine rings is 1. The van der Waals surface area contributed by atoms with Gasteiger partial charge in [-0.05, 0) is 32.4 Å². The van der Waals surface area contributed by atoms with Crippen molar-refractivity contribution in [1.29, 1.82) is 0 Å². The van der Waals surface area contributed by atoms with Crippen LogP contribution in [0.2, 0.25) is 0 Å². The Morgan fingerprint density at radius 1 is 1.11 bits per heavy atom. The minimum atomic E-state index is -0.112. The van der Waals surface area contributed by atoms with Crippen molar-refractivity contribution >= 4 is 0 Å². The van der Waals surface area contributed by atoms with Crippen LogP contribution in [0.5, 0.6) is 0 Å². The number of morpholine rings is 1. The summed E-state index contributed by atoms with van der Waals surface area (Å²) in [4.78, 5) is 4.72. The summed E-state index contributed by atoms with van der Waals surface area (Å²) >= 11 is 0. The first kappa shape index (κ1) is 19.5. The summed E-state index contributed by atoms with van der Waals surface area (Å²) in [6.45, 7) is 8.86. The van der Waals surface area contributed by atoms with E-state index in [4.69, 9.17) is 4.74 Å². The Morgan fingerprint density at radius 3 is 2.75 bits per heavy atom. The molecule has 1 atom stereocenters. The number of likely N-dealkylation sites (tertiary alicyclic amines) is 1. The van der Waals surface area contributed by atoms with Crippen LogP contribution >= 0.6 is 0 Å². The highest BCUT2D eigenvalue weighted by Crippen LogP contribution is 2.27. The van der Waals surface area contributed by atoms with Crippen molar-refractivity contribution in [2.45, 2.75) is 38.8 Å². The molecule has 0 radical (unpaired) electrons. The molecule has 28 heavy (non-hydrogen) atoms. The van der Waals surface area contributed by atoms with Gasteiger partial charge in [-0.15, -0.1) is 10.2 Å². The fraction of sp³-hybridized carbons (Fsp3) is 0.619. The van der Waals surface area contributed by atoms with E-state index in [0.717, 1.165) is 81.6 Å². The molecule has 0 amide bonds. The molecule has 2 saturated heterocycles. The second-order valence-corrected chi connectivity index (χ2v) is 8.09. The van der Waals surface area contributed by atoms with Gasteiger partial charge in [0.1, 0.15) is 17.5 Å². The third-order valence-electron chi connectivity index (χ3n) is 5.93. The van der Waals surface area contributed by atoms with E-state index in [1.165, 1.54) is 0 Å². The normalized spacial score (nSPS) is 21.9. The van der Waals surface area contributed by atoms with Crippen LogP contribution in [0.3, 0.4) is 0 Å². The molecule has 4 rings (SSSR count). The fourth-order valence-corrected chi connectivity index (χ4v) is 4.30. The lowest BCUT2D eigenvalue weighted by Gasteiger charge is -2.32. The first-order valence-electron chi connectivity index (χ1n) is 10.3. The number of ether oxygens (including phenoxy) is 1. The number of aryl methyl sites for hydroxylation is 1. The standard InChI is InChI=1S/C21H30FN5O/c1-16-5-6-19(22)18(12-16)14-27-7-3-4-17(13-27)21-24-23-20(25(21)2)15-26-8-10-28-11-9-26/h5-6,12,17H,3-4,7-11,13-15H2,1-2H3/t17-/m0/s1. The molecule has 1 aromatic carbocycles. The lowest BCUT2D eigenvalue weighted by atomic mass is 9.96. The molecule has 7 heteroatoms. The number of rotatable bonds is 5. The number of hydrogen-bond donors (Lipinski definition) is 0. The first-order chi connectivity index (χ1) is 13.6. The minimum Gasteiger partial charge on any atom is -0.379 e. The Hall–Kier alpha value is -1.83. The van der Waals surface area contributed by atoms with E-state index < -0.39 is 0 Å². The zero-order valence-electron chi connectivity index (χ0n) is 16.9. The molecule has 152 valence electrons. The Kier molecular flexibility index (Phi) is 6.04. The molecule has 0 bridgehead atoms. The Morgan fingerprint density at radius 2 is 1.93 bits per heavy atom. The van der Waals surface area contributed by atoms with E-state index >= 15 is 0 Å². The van der Waals surface area contributed by atoms with Crippen LogP contribution in [0.1, 0.15) is 41.5 Å². The molecule has 2 aromatic rings. The van der Waals surface area contributed by atoms with Gasteiger partial charge in [0.25, 0.3) is 0 Å². The Labute approximate surface area is 166 Å². The molecule has 0 aliphatic carbocycles. The van der Waals surface area contributed by atoms with Crippen molar-refractivity contribution in [3.05, 3.63) is 46.8 Å². The molecule has 0 unspecified atom stereocenters. The van der Waals surface area contributed by atoms with Gasteiger partial charge in [-0.3, -0.25) is 9.80 Å². The van der Waals surface area contributed by atoms with Crippen molar-refractivity contribution in [3.8, 4) is 0 Å². The highest BCUT2D eigenvalue weighted by molar-refractivity contribution is 5.24. The Bertz CT molecular complexity index is 802. The zero-order chi connectivity index (χ0) is 19.5. The summed E-state index contributed by atoms with van der Waals surface area (Å²) < 4.78 is 21.8. The summed E-state index contributed by atoms with van der Waals surface area (Å²) in [7, 11) is 2.07. The van der Waals surface area contributed by atoms with Crippen molar-refractivity contribution in [2.24, 2.45) is 7.05 Å². The zero-order valence-corrected chi connectivity index (χ0v) is 16.9. The second kappa shape index (κ2) is 8.68. The summed E-state index contributed by atoms with van der Waals surface area (Å²) in [5.74, 6) is 2.30. The molecule has 0 N–H and O–H groups in total. The largest absolute Gasteiger partial charge is 0.379 e. The summed E-state index contributed by atoms with van der Waals surface area (Å²) in [6.07, 6.45) is 2.21. The Balaban J connectivity index is 1.42. The van der Waals surface area contributed by atoms with Crippen LogP contribution in [0.4, 0.5) is 4.39 Å². The summed E-state index contributed by atoms with van der Waals surface area (Å²) in [5, 5.41) is 9.00. The van der Waals surface area contributed by atoms with Crippen molar-refractivity contribution in [2.75, 3.05) is 39.4 Å². The lowest BCUT2D eigenvalue weighted by Crippen LogP contribution is -2.36. The van der Waals surface area contributed by atoms with Crippen LogP contribution in [0.25, 0.3) is 0 Å². The predicted molar refractivity (Wildman–Crippen MR) is 105 cm³/mol. The highest BCUT2D eigenvalue weighted by atomic mass is 19.1. The van der Waals surface area contributed by atoms with E-state index in [9.17, 15) is 4.39 Å². The molecule has 0 saturated carbocycles. The monoisotopic (exact) mass is 387 g/mol. The minimum absolute atomic E-state index is 0.112. The second-order valence-electron chi connectivity index (χ2n) is 8.09. The summed E-state index contributed by atoms with van der Waals surface area (Å²) in [6, 6.07) is 5.36. The van der Waals surface area contributed by atoms with Gasteiger partial charge in [-0.1, -0.05) is 17.7 Å². The number of halogens is 1. The topological polar surface area (TPSA) is 46.4 Å². The van der Waals surface area contributed by atoms with Gasteiger partial charge in [0.05, 0.1) is 19.8 Å². The van der Waals surface area contributed by atoms with Crippen molar-refractivity contribution in [3.63, 3.8) is 0 Å². The molecule has 0 spiro atoms. The molecule has 1 aromatic heterocycles. The van der Waals surface area contributed by atoms with Gasteiger partial charge in [0, 0.05) is 44.7 Å². The van der Waals surface area contributed by atoms with Gasteiger partial charge in [0.15, 0.2) is 0 Å². The highest BCUT2D eigenvalue weighted by Gasteiger charge is 2.27. The van der Waals surface area contributed by atoms with Gasteiger partial charge < -0.3 is 9.30 Å². The maximum Gasteiger partial charge on any atom is 0.146 e. The van der Waals surface area contributed by atoms with Crippen LogP contribution in [0.15, 0.2) is 18.2 Å². The lowest BCUT2D eigenvalue weighted by molar-refractivity contribution is 0.0326. The van der Waals surface area contributed by atoms with Crippen molar-refractivity contribution < 1.29 is 9.13 Å². The number of nitrogens with zero attached hydrogens (tertiary/aromatic N) is 5. The maximum atomic E-state index is 14.2. The summed E-state index contributed by atoms with van der Waals surface area (Å²) in [5.41, 5.74) is 1.89. The van der Waals surface area contributed by atoms with E-state index in [1.54, 1.807) is 6.07 Å². The van der Waals surface area contributed by atoms with E-state index in [1.807, 2.05) is 19.1 Å². The SMILES string of the molecule is Cc1ccc(F)c(CN2CCC[C@H](c3nnc(CN4CCOCC4)n3C)C2)c1. The predicted octanol–water partition coefficient (Wildman–Crippen LogP) is 2.47. The van der Waals surface area contributed by atoms with E-state index in [0.29, 0.717) is 12.5 Å². The number of hydrogen-bond acceptors (Lipinski definition) is 5. The molecule has 6 nitrogen and oxygen atoms in total. The number of benzene rings is 1. The third-order valence-corrected chi connectivity index (χ3v) is 5.93. The maximum absolute atomic E-state index is 14.2. The number of aromatic nitrogens is 3. The average molecular weight is 388 g/mol. The third kappa shape index (κ3) is 4.42. The average Bonchev–Trinajstić information content (AvgIpc) is 3.06. The van der Waals surface area contributed by atoms with E-state index in [-0.39, 0.29) is 5.82 Å². The van der Waals surface area contributed by atoms with Crippen LogP contribution in [-0.4, -0.2) is 64.0 Å². The van der Waals surface area contributed by atoms with Gasteiger partial charge in [0.2, 0.25) is 0 Å². The van der Waals surface area contributed by atoms with Crippen molar-refractivity contribution in [1.82, 2.24) is 24.6 Å². The van der Waals surface area contributed by atoms with Crippen LogP contribution < -0.4 is 0 Å². The molecule has 2 aliphatic rings. The van der Waals surface area contributed by atoms with Crippen LogP contribution in [0, 0.1) is 12.7 Å². The molecule has 3 heterocycles. The van der Waals surface area contributed by atoms with E-state index in [2.05, 4.69) is 31.6 Å². The van der Waals surface area contributed by atoms with Gasteiger partial charge in [-0.2, -0.15) is 0 Å².